The molecule has 1 heterocycles. The van der Waals surface area contributed by atoms with Crippen LogP contribution in [0.5, 0.6) is 5.75 Å². The molecule has 0 aromatic carbocycles. The van der Waals surface area contributed by atoms with Crippen molar-refractivity contribution in [3.63, 3.8) is 0 Å². The van der Waals surface area contributed by atoms with Crippen molar-refractivity contribution < 1.29 is 14.6 Å². The molecule has 4 heteroatoms. The van der Waals surface area contributed by atoms with Crippen LogP contribution in [0.15, 0.2) is 24.1 Å². The molecule has 16 heavy (non-hydrogen) atoms. The van der Waals surface area contributed by atoms with Gasteiger partial charge in [-0.25, -0.2) is 4.79 Å². The van der Waals surface area contributed by atoms with Gasteiger partial charge in [0.1, 0.15) is 10.6 Å². The number of allylic oxidation sites excluding steroid dienone is 1. The van der Waals surface area contributed by atoms with Crippen molar-refractivity contribution in [2.75, 3.05) is 6.61 Å². The monoisotopic (exact) mass is 240 g/mol. The Morgan fingerprint density at radius 3 is 2.94 bits per heavy atom. The van der Waals surface area contributed by atoms with Crippen molar-refractivity contribution in [1.29, 1.82) is 0 Å². The summed E-state index contributed by atoms with van der Waals surface area (Å²) in [6, 6.07) is 1.57. The summed E-state index contributed by atoms with van der Waals surface area (Å²) >= 11 is 1.19. The third-order valence-corrected chi connectivity index (χ3v) is 3.00. The van der Waals surface area contributed by atoms with Crippen molar-refractivity contribution in [1.82, 2.24) is 0 Å². The first-order chi connectivity index (χ1) is 7.74. The van der Waals surface area contributed by atoms with Crippen LogP contribution in [0.25, 0.3) is 0 Å². The minimum Gasteiger partial charge on any atom is -0.493 e. The summed E-state index contributed by atoms with van der Waals surface area (Å²) < 4.78 is 5.44. The number of unbranched alkanes of at least 4 members (excludes halogenated alkanes) is 3. The van der Waals surface area contributed by atoms with Crippen LogP contribution >= 0.6 is 11.3 Å². The normalized spacial score (nSPS) is 10.0. The predicted octanol–water partition coefficient (Wildman–Crippen LogP) is 3.57. The lowest BCUT2D eigenvalue weighted by Crippen LogP contribution is -1.96. The Bertz CT molecular complexity index is 344. The summed E-state index contributed by atoms with van der Waals surface area (Å²) in [6.45, 7) is 4.31. The van der Waals surface area contributed by atoms with Crippen LogP contribution in [0.1, 0.15) is 35.4 Å². The van der Waals surface area contributed by atoms with E-state index in [-0.39, 0.29) is 0 Å². The summed E-state index contributed by atoms with van der Waals surface area (Å²) in [5.74, 6) is -0.239. The largest absolute Gasteiger partial charge is 0.493 e. The standard InChI is InChI=1S/C12H16O3S/c1-2-3-4-5-6-7-15-10-8-11(12(13)14)16-9-10/h2,8-9H,1,3-7H2,(H,13,14). The molecule has 0 spiro atoms. The Morgan fingerprint density at radius 2 is 2.31 bits per heavy atom. The molecule has 0 radical (unpaired) electrons. The van der Waals surface area contributed by atoms with Gasteiger partial charge in [-0.3, -0.25) is 0 Å². The van der Waals surface area contributed by atoms with Gasteiger partial charge in [0.25, 0.3) is 0 Å². The molecule has 1 aromatic rings. The molecule has 0 atom stereocenters. The van der Waals surface area contributed by atoms with Crippen LogP contribution in [-0.2, 0) is 0 Å². The summed E-state index contributed by atoms with van der Waals surface area (Å²) in [7, 11) is 0. The molecular formula is C12H16O3S. The SMILES string of the molecule is C=CCCCCCOc1csc(C(=O)O)c1. The minimum atomic E-state index is -0.897. The second-order valence-electron chi connectivity index (χ2n) is 3.44. The lowest BCUT2D eigenvalue weighted by molar-refractivity contribution is 0.0702. The van der Waals surface area contributed by atoms with E-state index in [9.17, 15) is 4.79 Å². The Hall–Kier alpha value is -1.29. The molecule has 0 saturated carbocycles. The lowest BCUT2D eigenvalue weighted by atomic mass is 10.2. The molecular weight excluding hydrogens is 224 g/mol. The molecule has 0 aliphatic carbocycles. The second-order valence-corrected chi connectivity index (χ2v) is 4.35. The summed E-state index contributed by atoms with van der Waals surface area (Å²) in [4.78, 5) is 10.9. The first-order valence-electron chi connectivity index (χ1n) is 5.29. The highest BCUT2D eigenvalue weighted by Gasteiger charge is 2.06. The number of rotatable bonds is 8. The number of aromatic carboxylic acids is 1. The molecule has 1 rings (SSSR count). The van der Waals surface area contributed by atoms with E-state index in [0.29, 0.717) is 17.2 Å². The van der Waals surface area contributed by atoms with Gasteiger partial charge in [-0.05, 0) is 25.7 Å². The van der Waals surface area contributed by atoms with E-state index < -0.39 is 5.97 Å². The van der Waals surface area contributed by atoms with Crippen LogP contribution in [0.4, 0.5) is 0 Å². The van der Waals surface area contributed by atoms with Crippen LogP contribution < -0.4 is 4.74 Å². The Kier molecular flexibility index (Phi) is 5.64. The number of thiophene rings is 1. The first-order valence-corrected chi connectivity index (χ1v) is 6.17. The Balaban J connectivity index is 2.16. The summed E-state index contributed by atoms with van der Waals surface area (Å²) in [6.07, 6.45) is 6.20. The molecule has 0 amide bonds. The van der Waals surface area contributed by atoms with Crippen molar-refractivity contribution >= 4 is 17.3 Å². The molecule has 0 unspecified atom stereocenters. The highest BCUT2D eigenvalue weighted by Crippen LogP contribution is 2.21. The van der Waals surface area contributed by atoms with E-state index in [1.54, 1.807) is 11.4 Å². The fraction of sp³-hybridized carbons (Fsp3) is 0.417. The fourth-order valence-electron chi connectivity index (χ4n) is 1.26. The van der Waals surface area contributed by atoms with Crippen LogP contribution in [0, 0.1) is 0 Å². The van der Waals surface area contributed by atoms with E-state index in [4.69, 9.17) is 9.84 Å². The number of carbonyl (C=O) groups is 1. The average Bonchev–Trinajstić information content (AvgIpc) is 2.72. The van der Waals surface area contributed by atoms with E-state index in [1.165, 1.54) is 11.3 Å². The van der Waals surface area contributed by atoms with Gasteiger partial charge in [0.15, 0.2) is 0 Å². The lowest BCUT2D eigenvalue weighted by Gasteiger charge is -2.02. The zero-order valence-electron chi connectivity index (χ0n) is 9.15. The van der Waals surface area contributed by atoms with Crippen molar-refractivity contribution in [3.8, 4) is 5.75 Å². The quantitative estimate of drug-likeness (QED) is 0.558. The number of carboxylic acids is 1. The first kappa shape index (κ1) is 12.8. The van der Waals surface area contributed by atoms with Crippen molar-refractivity contribution in [2.45, 2.75) is 25.7 Å². The van der Waals surface area contributed by atoms with Gasteiger partial charge in [0.05, 0.1) is 6.61 Å². The molecule has 0 fully saturated rings. The van der Waals surface area contributed by atoms with Gasteiger partial charge in [0.2, 0.25) is 0 Å². The molecule has 0 saturated heterocycles. The number of hydrogen-bond donors (Lipinski definition) is 1. The molecule has 3 nitrogen and oxygen atoms in total. The average molecular weight is 240 g/mol. The summed E-state index contributed by atoms with van der Waals surface area (Å²) in [5.41, 5.74) is 0. The number of hydrogen-bond acceptors (Lipinski definition) is 3. The number of carboxylic acid groups (broad SMARTS) is 1. The molecule has 0 bridgehead atoms. The molecule has 0 aliphatic rings. The van der Waals surface area contributed by atoms with Crippen LogP contribution in [0.3, 0.4) is 0 Å². The van der Waals surface area contributed by atoms with Crippen LogP contribution in [-0.4, -0.2) is 17.7 Å². The maximum Gasteiger partial charge on any atom is 0.346 e. The smallest absolute Gasteiger partial charge is 0.346 e. The topological polar surface area (TPSA) is 46.5 Å². The van der Waals surface area contributed by atoms with Crippen LogP contribution in [0.2, 0.25) is 0 Å². The van der Waals surface area contributed by atoms with Gasteiger partial charge in [-0.1, -0.05) is 6.08 Å². The van der Waals surface area contributed by atoms with E-state index >= 15 is 0 Å². The third-order valence-electron chi connectivity index (χ3n) is 2.11. The van der Waals surface area contributed by atoms with Gasteiger partial charge in [-0.2, -0.15) is 0 Å². The Labute approximate surface area is 99.4 Å². The van der Waals surface area contributed by atoms with Gasteiger partial charge >= 0.3 is 5.97 Å². The highest BCUT2D eigenvalue weighted by molar-refractivity contribution is 7.12. The fourth-order valence-corrected chi connectivity index (χ4v) is 1.93. The summed E-state index contributed by atoms with van der Waals surface area (Å²) in [5, 5.41) is 10.4. The zero-order valence-corrected chi connectivity index (χ0v) is 9.96. The van der Waals surface area contributed by atoms with Crippen molar-refractivity contribution in [3.05, 3.63) is 29.0 Å². The van der Waals surface area contributed by atoms with E-state index in [0.717, 1.165) is 25.7 Å². The van der Waals surface area contributed by atoms with E-state index in [1.807, 2.05) is 6.08 Å². The van der Waals surface area contributed by atoms with Gasteiger partial charge < -0.3 is 9.84 Å². The molecule has 1 aromatic heterocycles. The highest BCUT2D eigenvalue weighted by atomic mass is 32.1. The van der Waals surface area contributed by atoms with Crippen molar-refractivity contribution in [2.24, 2.45) is 0 Å². The predicted molar refractivity (Wildman–Crippen MR) is 65.4 cm³/mol. The zero-order chi connectivity index (χ0) is 11.8. The maximum absolute atomic E-state index is 10.6. The number of ether oxygens (including phenoxy) is 1. The van der Waals surface area contributed by atoms with E-state index in [2.05, 4.69) is 6.58 Å². The third kappa shape index (κ3) is 4.49. The molecule has 88 valence electrons. The molecule has 0 aliphatic heterocycles. The van der Waals surface area contributed by atoms with Gasteiger partial charge in [-0.15, -0.1) is 17.9 Å². The second kappa shape index (κ2) is 7.06. The van der Waals surface area contributed by atoms with Gasteiger partial charge in [0, 0.05) is 11.4 Å². The Morgan fingerprint density at radius 1 is 1.50 bits per heavy atom. The molecule has 1 N–H and O–H groups in total. The minimum absolute atomic E-state index is 0.321. The maximum atomic E-state index is 10.6.